The fraction of sp³-hybridized carbons (Fsp3) is 0.0909. The smallest absolute Gasteiger partial charge is 0.264 e. The van der Waals surface area contributed by atoms with Crippen LogP contribution in [-0.2, 0) is 11.4 Å². The molecule has 0 aliphatic heterocycles. The highest BCUT2D eigenvalue weighted by Gasteiger charge is 2.08. The molecule has 1 heterocycles. The Morgan fingerprint density at radius 2 is 1.54 bits per heavy atom. The maximum atomic E-state index is 12.1. The zero-order valence-electron chi connectivity index (χ0n) is 15.0. The first kappa shape index (κ1) is 18.0. The minimum Gasteiger partial charge on any atom is -0.489 e. The summed E-state index contributed by atoms with van der Waals surface area (Å²) >= 11 is 1.44. The third kappa shape index (κ3) is 4.66. The van der Waals surface area contributed by atoms with Crippen molar-refractivity contribution < 1.29 is 14.3 Å². The summed E-state index contributed by atoms with van der Waals surface area (Å²) in [5.41, 5.74) is 1.98. The number of fused-ring (bicyclic) bond motifs is 1. The molecule has 0 saturated carbocycles. The Hall–Kier alpha value is -3.38. The Balaban J connectivity index is 1.26. The van der Waals surface area contributed by atoms with Crippen molar-refractivity contribution in [3.63, 3.8) is 0 Å². The van der Waals surface area contributed by atoms with Gasteiger partial charge in [-0.2, -0.15) is 0 Å². The number of carbonyl (C=O) groups is 1. The van der Waals surface area contributed by atoms with Gasteiger partial charge in [0.15, 0.2) is 11.7 Å². The van der Waals surface area contributed by atoms with Crippen LogP contribution in [0.2, 0.25) is 0 Å². The highest BCUT2D eigenvalue weighted by Crippen LogP contribution is 2.25. The minimum absolute atomic E-state index is 0.0832. The lowest BCUT2D eigenvalue weighted by molar-refractivity contribution is -0.118. The van der Waals surface area contributed by atoms with Gasteiger partial charge in [0.25, 0.3) is 5.91 Å². The summed E-state index contributed by atoms with van der Waals surface area (Å²) in [6.07, 6.45) is 0. The van der Waals surface area contributed by atoms with Gasteiger partial charge in [0.1, 0.15) is 18.1 Å². The van der Waals surface area contributed by atoms with E-state index in [1.165, 1.54) is 11.3 Å². The second-order valence-electron chi connectivity index (χ2n) is 6.07. The van der Waals surface area contributed by atoms with Crippen molar-refractivity contribution in [3.8, 4) is 11.5 Å². The van der Waals surface area contributed by atoms with Crippen molar-refractivity contribution in [2.45, 2.75) is 6.61 Å². The van der Waals surface area contributed by atoms with Crippen LogP contribution in [0.5, 0.6) is 11.5 Å². The molecule has 3 aromatic carbocycles. The summed E-state index contributed by atoms with van der Waals surface area (Å²) in [4.78, 5) is 16.5. The monoisotopic (exact) mass is 390 g/mol. The van der Waals surface area contributed by atoms with E-state index >= 15 is 0 Å². The lowest BCUT2D eigenvalue weighted by Crippen LogP contribution is -2.19. The molecule has 0 radical (unpaired) electrons. The molecule has 28 heavy (non-hydrogen) atoms. The van der Waals surface area contributed by atoms with Crippen LogP contribution >= 0.6 is 11.3 Å². The topological polar surface area (TPSA) is 60.5 Å². The molecule has 0 aliphatic rings. The van der Waals surface area contributed by atoms with Crippen LogP contribution in [0.25, 0.3) is 10.2 Å². The molecule has 1 N–H and O–H groups in total. The van der Waals surface area contributed by atoms with E-state index in [2.05, 4.69) is 10.3 Å². The molecule has 0 saturated heterocycles. The van der Waals surface area contributed by atoms with E-state index in [9.17, 15) is 4.79 Å². The zero-order valence-corrected chi connectivity index (χ0v) is 15.8. The third-order valence-corrected chi connectivity index (χ3v) is 4.93. The van der Waals surface area contributed by atoms with E-state index in [-0.39, 0.29) is 12.5 Å². The fourth-order valence-electron chi connectivity index (χ4n) is 2.60. The molecule has 0 spiro atoms. The first-order valence-corrected chi connectivity index (χ1v) is 9.63. The normalized spacial score (nSPS) is 10.6. The van der Waals surface area contributed by atoms with Gasteiger partial charge in [-0.3, -0.25) is 10.1 Å². The Morgan fingerprint density at radius 1 is 0.857 bits per heavy atom. The molecule has 1 aromatic heterocycles. The van der Waals surface area contributed by atoms with Crippen LogP contribution in [-0.4, -0.2) is 17.5 Å². The second-order valence-corrected chi connectivity index (χ2v) is 7.10. The van der Waals surface area contributed by atoms with Crippen LogP contribution in [0, 0.1) is 0 Å². The Kier molecular flexibility index (Phi) is 5.49. The van der Waals surface area contributed by atoms with Crippen LogP contribution in [0.3, 0.4) is 0 Å². The van der Waals surface area contributed by atoms with Crippen molar-refractivity contribution in [3.05, 3.63) is 84.4 Å². The number of ether oxygens (including phenoxy) is 2. The number of para-hydroxylation sites is 1. The van der Waals surface area contributed by atoms with Gasteiger partial charge in [-0.15, -0.1) is 0 Å². The molecule has 4 aromatic rings. The molecule has 0 atom stereocenters. The molecule has 5 nitrogen and oxygen atoms in total. The number of amides is 1. The van der Waals surface area contributed by atoms with Crippen molar-refractivity contribution in [1.29, 1.82) is 0 Å². The molecular weight excluding hydrogens is 372 g/mol. The van der Waals surface area contributed by atoms with E-state index < -0.39 is 0 Å². The van der Waals surface area contributed by atoms with E-state index in [0.29, 0.717) is 17.5 Å². The van der Waals surface area contributed by atoms with Gasteiger partial charge in [-0.25, -0.2) is 4.98 Å². The highest BCUT2D eigenvalue weighted by molar-refractivity contribution is 7.22. The van der Waals surface area contributed by atoms with Crippen molar-refractivity contribution in [2.75, 3.05) is 11.9 Å². The predicted molar refractivity (Wildman–Crippen MR) is 111 cm³/mol. The summed E-state index contributed by atoms with van der Waals surface area (Å²) < 4.78 is 12.3. The lowest BCUT2D eigenvalue weighted by atomic mass is 10.2. The number of thiazole rings is 1. The van der Waals surface area contributed by atoms with E-state index in [1.807, 2.05) is 66.7 Å². The van der Waals surface area contributed by atoms with Crippen molar-refractivity contribution >= 4 is 32.6 Å². The van der Waals surface area contributed by atoms with Gasteiger partial charge in [0.2, 0.25) is 0 Å². The van der Waals surface area contributed by atoms with Gasteiger partial charge >= 0.3 is 0 Å². The summed E-state index contributed by atoms with van der Waals surface area (Å²) in [7, 11) is 0. The van der Waals surface area contributed by atoms with Gasteiger partial charge in [-0.1, -0.05) is 53.8 Å². The molecule has 140 valence electrons. The average molecular weight is 390 g/mol. The van der Waals surface area contributed by atoms with Crippen LogP contribution in [0.4, 0.5) is 5.13 Å². The highest BCUT2D eigenvalue weighted by atomic mass is 32.1. The van der Waals surface area contributed by atoms with Gasteiger partial charge in [0.05, 0.1) is 10.2 Å². The Labute approximate surface area is 166 Å². The van der Waals surface area contributed by atoms with E-state index in [4.69, 9.17) is 9.47 Å². The number of rotatable bonds is 7. The molecule has 4 rings (SSSR count). The number of nitrogens with zero attached hydrogens (tertiary/aromatic N) is 1. The van der Waals surface area contributed by atoms with Gasteiger partial charge in [0, 0.05) is 0 Å². The van der Waals surface area contributed by atoms with Crippen LogP contribution in [0.1, 0.15) is 5.56 Å². The molecule has 6 heteroatoms. The summed E-state index contributed by atoms with van der Waals surface area (Å²) in [6, 6.07) is 24.9. The summed E-state index contributed by atoms with van der Waals surface area (Å²) in [5, 5.41) is 3.34. The molecule has 0 aliphatic carbocycles. The number of carbonyl (C=O) groups excluding carboxylic acids is 1. The number of hydrogen-bond donors (Lipinski definition) is 1. The van der Waals surface area contributed by atoms with Gasteiger partial charge in [-0.05, 0) is 42.0 Å². The maximum Gasteiger partial charge on any atom is 0.264 e. The van der Waals surface area contributed by atoms with Crippen LogP contribution in [0.15, 0.2) is 78.9 Å². The van der Waals surface area contributed by atoms with Crippen LogP contribution < -0.4 is 14.8 Å². The summed E-state index contributed by atoms with van der Waals surface area (Å²) in [6.45, 7) is 0.422. The second kappa shape index (κ2) is 8.54. The van der Waals surface area contributed by atoms with E-state index in [0.717, 1.165) is 21.5 Å². The quantitative estimate of drug-likeness (QED) is 0.488. The average Bonchev–Trinajstić information content (AvgIpc) is 3.14. The van der Waals surface area contributed by atoms with Gasteiger partial charge < -0.3 is 9.47 Å². The number of hydrogen-bond acceptors (Lipinski definition) is 5. The zero-order chi connectivity index (χ0) is 19.2. The Morgan fingerprint density at radius 3 is 2.29 bits per heavy atom. The lowest BCUT2D eigenvalue weighted by Gasteiger charge is -2.08. The fourth-order valence-corrected chi connectivity index (χ4v) is 3.48. The number of aromatic nitrogens is 1. The minimum atomic E-state index is -0.247. The standard InChI is InChI=1S/C22H18N2O3S/c25-21(24-22-23-19-8-4-5-9-20(19)28-22)15-27-18-12-10-17(11-13-18)26-14-16-6-2-1-3-7-16/h1-13H,14-15H2,(H,23,24,25). The molecule has 0 fully saturated rings. The van der Waals surface area contributed by atoms with Crippen molar-refractivity contribution in [2.24, 2.45) is 0 Å². The predicted octanol–water partition coefficient (Wildman–Crippen LogP) is 4.89. The summed E-state index contributed by atoms with van der Waals surface area (Å²) in [5.74, 6) is 1.10. The molecule has 0 unspecified atom stereocenters. The molecule has 0 bridgehead atoms. The Bertz CT molecular complexity index is 1030. The number of anilines is 1. The maximum absolute atomic E-state index is 12.1. The first-order chi connectivity index (χ1) is 13.8. The SMILES string of the molecule is O=C(COc1ccc(OCc2ccccc2)cc1)Nc1nc2ccccc2s1. The van der Waals surface area contributed by atoms with Crippen molar-refractivity contribution in [1.82, 2.24) is 4.98 Å². The third-order valence-electron chi connectivity index (χ3n) is 3.98. The van der Waals surface area contributed by atoms with E-state index in [1.54, 1.807) is 12.1 Å². The largest absolute Gasteiger partial charge is 0.489 e. The molecular formula is C22H18N2O3S. The first-order valence-electron chi connectivity index (χ1n) is 8.81. The molecule has 1 amide bonds. The number of nitrogens with one attached hydrogen (secondary N) is 1. The number of benzene rings is 3.